The van der Waals surface area contributed by atoms with Gasteiger partial charge in [0.2, 0.25) is 0 Å². The molecule has 158 valence electrons. The average Bonchev–Trinajstić information content (AvgIpc) is 3.30. The molecule has 0 heterocycles. The van der Waals surface area contributed by atoms with Crippen LogP contribution in [-0.2, 0) is 4.74 Å². The van der Waals surface area contributed by atoms with Gasteiger partial charge in [0.05, 0.1) is 0 Å². The maximum atomic E-state index is 5.96. The van der Waals surface area contributed by atoms with E-state index in [0.29, 0.717) is 0 Å². The van der Waals surface area contributed by atoms with Crippen molar-refractivity contribution in [3.63, 3.8) is 0 Å². The maximum Gasteiger partial charge on any atom is 0.0500 e. The summed E-state index contributed by atoms with van der Waals surface area (Å²) < 4.78 is 5.96. The van der Waals surface area contributed by atoms with Crippen molar-refractivity contribution in [1.29, 1.82) is 0 Å². The van der Waals surface area contributed by atoms with Gasteiger partial charge in [0.15, 0.2) is 0 Å². The predicted octanol–water partition coefficient (Wildman–Crippen LogP) is 8.48. The highest BCUT2D eigenvalue weighted by molar-refractivity contribution is 5.09. The van der Waals surface area contributed by atoms with E-state index in [1.165, 1.54) is 116 Å². The van der Waals surface area contributed by atoms with E-state index in [1.54, 1.807) is 0 Å². The number of allylic oxidation sites excluding steroid dienone is 2. The van der Waals surface area contributed by atoms with Crippen molar-refractivity contribution < 1.29 is 4.74 Å². The molecule has 0 amide bonds. The smallest absolute Gasteiger partial charge is 0.0500 e. The standard InChI is InChI=1S/C26H48O/c1-2-3-4-5-6-7-8-9-10-11-12-13-14-15-16-17-20-27-23-26-22-24-18-19-25(26)21-24/h18-19,24-26H,2-17,20-23H2,1H3. The van der Waals surface area contributed by atoms with Gasteiger partial charge < -0.3 is 4.74 Å². The Kier molecular flexibility index (Phi) is 13.3. The first kappa shape index (κ1) is 23.0. The Labute approximate surface area is 170 Å². The second-order valence-electron chi connectivity index (χ2n) is 9.42. The third-order valence-electron chi connectivity index (χ3n) is 6.89. The van der Waals surface area contributed by atoms with Crippen LogP contribution in [0.4, 0.5) is 0 Å². The van der Waals surface area contributed by atoms with Gasteiger partial charge in [-0.15, -0.1) is 0 Å². The van der Waals surface area contributed by atoms with Crippen LogP contribution in [0.3, 0.4) is 0 Å². The third kappa shape index (κ3) is 10.7. The van der Waals surface area contributed by atoms with E-state index in [0.717, 1.165) is 31.0 Å². The molecule has 0 saturated heterocycles. The molecule has 2 aliphatic carbocycles. The van der Waals surface area contributed by atoms with Crippen LogP contribution in [0.1, 0.15) is 122 Å². The van der Waals surface area contributed by atoms with Gasteiger partial charge in [-0.1, -0.05) is 115 Å². The molecule has 1 fully saturated rings. The Morgan fingerprint density at radius 3 is 1.59 bits per heavy atom. The Balaban J connectivity index is 1.21. The van der Waals surface area contributed by atoms with Crippen molar-refractivity contribution in [2.24, 2.45) is 17.8 Å². The maximum absolute atomic E-state index is 5.96. The molecule has 1 nitrogen and oxygen atoms in total. The van der Waals surface area contributed by atoms with Crippen molar-refractivity contribution in [3.8, 4) is 0 Å². The quantitative estimate of drug-likeness (QED) is 0.162. The minimum Gasteiger partial charge on any atom is -0.381 e. The SMILES string of the molecule is CCCCCCCCCCCCCCCCCCOCC1CC2C=CC1C2. The average molecular weight is 377 g/mol. The highest BCUT2D eigenvalue weighted by Gasteiger charge is 2.35. The summed E-state index contributed by atoms with van der Waals surface area (Å²) in [5.41, 5.74) is 0. The van der Waals surface area contributed by atoms with E-state index in [-0.39, 0.29) is 0 Å². The Morgan fingerprint density at radius 2 is 1.15 bits per heavy atom. The van der Waals surface area contributed by atoms with Gasteiger partial charge in [0, 0.05) is 13.2 Å². The zero-order chi connectivity index (χ0) is 19.0. The Bertz CT molecular complexity index is 361. The van der Waals surface area contributed by atoms with E-state index in [9.17, 15) is 0 Å². The molecular formula is C26H48O. The van der Waals surface area contributed by atoms with E-state index < -0.39 is 0 Å². The lowest BCUT2D eigenvalue weighted by atomic mass is 9.95. The van der Waals surface area contributed by atoms with Gasteiger partial charge in [0.1, 0.15) is 0 Å². The van der Waals surface area contributed by atoms with Gasteiger partial charge >= 0.3 is 0 Å². The van der Waals surface area contributed by atoms with Crippen molar-refractivity contribution in [3.05, 3.63) is 12.2 Å². The Morgan fingerprint density at radius 1 is 0.630 bits per heavy atom. The molecule has 3 unspecified atom stereocenters. The van der Waals surface area contributed by atoms with Crippen LogP contribution < -0.4 is 0 Å². The molecule has 0 aromatic rings. The number of hydrogen-bond acceptors (Lipinski definition) is 1. The summed E-state index contributed by atoms with van der Waals surface area (Å²) in [5, 5.41) is 0. The minimum atomic E-state index is 0.834. The number of rotatable bonds is 19. The second-order valence-corrected chi connectivity index (χ2v) is 9.42. The lowest BCUT2D eigenvalue weighted by molar-refractivity contribution is 0.0876. The fourth-order valence-corrected chi connectivity index (χ4v) is 5.07. The molecule has 2 rings (SSSR count). The second kappa shape index (κ2) is 15.6. The summed E-state index contributed by atoms with van der Waals surface area (Å²) in [6.07, 6.45) is 30.7. The Hall–Kier alpha value is -0.300. The van der Waals surface area contributed by atoms with Crippen LogP contribution in [0.5, 0.6) is 0 Å². The van der Waals surface area contributed by atoms with E-state index in [1.807, 2.05) is 0 Å². The van der Waals surface area contributed by atoms with E-state index in [2.05, 4.69) is 19.1 Å². The minimum absolute atomic E-state index is 0.834. The third-order valence-corrected chi connectivity index (χ3v) is 6.89. The molecule has 2 bridgehead atoms. The molecule has 0 spiro atoms. The van der Waals surface area contributed by atoms with Gasteiger partial charge in [-0.25, -0.2) is 0 Å². The molecule has 0 aliphatic heterocycles. The lowest BCUT2D eigenvalue weighted by Gasteiger charge is -2.17. The van der Waals surface area contributed by atoms with Crippen LogP contribution >= 0.6 is 0 Å². The van der Waals surface area contributed by atoms with Gasteiger partial charge in [-0.05, 0) is 37.0 Å². The van der Waals surface area contributed by atoms with Gasteiger partial charge in [0.25, 0.3) is 0 Å². The van der Waals surface area contributed by atoms with Crippen LogP contribution in [-0.4, -0.2) is 13.2 Å². The normalized spacial score (nSPS) is 23.5. The molecule has 27 heavy (non-hydrogen) atoms. The zero-order valence-corrected chi connectivity index (χ0v) is 18.4. The number of fused-ring (bicyclic) bond motifs is 2. The molecule has 0 aromatic heterocycles. The first-order chi connectivity index (χ1) is 13.4. The highest BCUT2D eigenvalue weighted by Crippen LogP contribution is 2.43. The van der Waals surface area contributed by atoms with E-state index in [4.69, 9.17) is 4.74 Å². The predicted molar refractivity (Wildman–Crippen MR) is 119 cm³/mol. The van der Waals surface area contributed by atoms with Crippen molar-refractivity contribution in [1.82, 2.24) is 0 Å². The molecular weight excluding hydrogens is 328 g/mol. The van der Waals surface area contributed by atoms with Gasteiger partial charge in [-0.2, -0.15) is 0 Å². The fraction of sp³-hybridized carbons (Fsp3) is 0.923. The molecule has 1 heteroatoms. The topological polar surface area (TPSA) is 9.23 Å². The molecule has 1 saturated carbocycles. The summed E-state index contributed by atoms with van der Waals surface area (Å²) in [5.74, 6) is 2.57. The molecule has 0 radical (unpaired) electrons. The zero-order valence-electron chi connectivity index (χ0n) is 18.4. The van der Waals surface area contributed by atoms with Crippen molar-refractivity contribution >= 4 is 0 Å². The summed E-state index contributed by atoms with van der Waals surface area (Å²) in [6, 6.07) is 0. The first-order valence-electron chi connectivity index (χ1n) is 12.7. The first-order valence-corrected chi connectivity index (χ1v) is 12.7. The number of hydrogen-bond donors (Lipinski definition) is 0. The van der Waals surface area contributed by atoms with Crippen LogP contribution in [0.25, 0.3) is 0 Å². The molecule has 0 aromatic carbocycles. The van der Waals surface area contributed by atoms with Gasteiger partial charge in [-0.3, -0.25) is 0 Å². The number of unbranched alkanes of at least 4 members (excludes halogenated alkanes) is 15. The van der Waals surface area contributed by atoms with Crippen molar-refractivity contribution in [2.75, 3.05) is 13.2 Å². The molecule has 3 atom stereocenters. The largest absolute Gasteiger partial charge is 0.381 e. The summed E-state index contributed by atoms with van der Waals surface area (Å²) >= 11 is 0. The highest BCUT2D eigenvalue weighted by atomic mass is 16.5. The van der Waals surface area contributed by atoms with Crippen LogP contribution in [0.2, 0.25) is 0 Å². The van der Waals surface area contributed by atoms with Crippen LogP contribution in [0, 0.1) is 17.8 Å². The lowest BCUT2D eigenvalue weighted by Crippen LogP contribution is -2.14. The monoisotopic (exact) mass is 376 g/mol. The molecule has 0 N–H and O–H groups in total. The fourth-order valence-electron chi connectivity index (χ4n) is 5.07. The van der Waals surface area contributed by atoms with E-state index >= 15 is 0 Å². The van der Waals surface area contributed by atoms with Crippen molar-refractivity contribution in [2.45, 2.75) is 122 Å². The number of ether oxygens (including phenoxy) is 1. The summed E-state index contributed by atoms with van der Waals surface area (Å²) in [7, 11) is 0. The molecule has 2 aliphatic rings. The summed E-state index contributed by atoms with van der Waals surface area (Å²) in [4.78, 5) is 0. The summed E-state index contributed by atoms with van der Waals surface area (Å²) in [6.45, 7) is 4.31. The van der Waals surface area contributed by atoms with Crippen LogP contribution in [0.15, 0.2) is 12.2 Å².